The highest BCUT2D eigenvalue weighted by molar-refractivity contribution is 5.91. The maximum absolute atomic E-state index is 4.42. The van der Waals surface area contributed by atoms with Crippen molar-refractivity contribution in [2.75, 3.05) is 24.5 Å². The zero-order chi connectivity index (χ0) is 13.4. The second kappa shape index (κ2) is 5.02. The summed E-state index contributed by atoms with van der Waals surface area (Å²) >= 11 is 0. The van der Waals surface area contributed by atoms with Crippen LogP contribution in [0.5, 0.6) is 0 Å². The van der Waals surface area contributed by atoms with Gasteiger partial charge in [-0.1, -0.05) is 24.3 Å². The number of nitrogens with zero attached hydrogens (tertiary/aromatic N) is 3. The summed E-state index contributed by atoms with van der Waals surface area (Å²) in [5, 5.41) is 14.7. The van der Waals surface area contributed by atoms with Gasteiger partial charge in [0.1, 0.15) is 0 Å². The van der Waals surface area contributed by atoms with Crippen LogP contribution < -0.4 is 10.2 Å². The Kier molecular flexibility index (Phi) is 3.03. The molecule has 2 aromatic rings. The van der Waals surface area contributed by atoms with E-state index in [0.29, 0.717) is 6.04 Å². The third-order valence-corrected chi connectivity index (χ3v) is 4.74. The lowest BCUT2D eigenvalue weighted by Crippen LogP contribution is -2.52. The van der Waals surface area contributed by atoms with Crippen LogP contribution in [0.1, 0.15) is 19.3 Å². The summed E-state index contributed by atoms with van der Waals surface area (Å²) in [7, 11) is 0. The summed E-state index contributed by atoms with van der Waals surface area (Å²) in [6, 6.07) is 9.13. The van der Waals surface area contributed by atoms with E-state index in [1.54, 1.807) is 0 Å². The number of anilines is 1. The van der Waals surface area contributed by atoms with Gasteiger partial charge in [0.25, 0.3) is 0 Å². The molecule has 0 saturated carbocycles. The molecule has 1 N–H and O–H groups in total. The second-order valence-corrected chi connectivity index (χ2v) is 5.95. The summed E-state index contributed by atoms with van der Waals surface area (Å²) < 4.78 is 0. The minimum Gasteiger partial charge on any atom is -0.354 e. The van der Waals surface area contributed by atoms with Gasteiger partial charge in [-0.2, -0.15) is 5.10 Å². The first-order valence-corrected chi connectivity index (χ1v) is 7.60. The Bertz CT molecular complexity index is 607. The normalized spacial score (nSPS) is 26.5. The summed E-state index contributed by atoms with van der Waals surface area (Å²) in [5.41, 5.74) is 0. The third kappa shape index (κ3) is 2.04. The van der Waals surface area contributed by atoms with Gasteiger partial charge in [-0.3, -0.25) is 0 Å². The van der Waals surface area contributed by atoms with E-state index in [0.717, 1.165) is 24.8 Å². The molecule has 2 fully saturated rings. The lowest BCUT2D eigenvalue weighted by molar-refractivity contribution is 0.244. The zero-order valence-corrected chi connectivity index (χ0v) is 11.6. The third-order valence-electron chi connectivity index (χ3n) is 4.74. The Morgan fingerprint density at radius 3 is 3.15 bits per heavy atom. The fourth-order valence-electron chi connectivity index (χ4n) is 3.68. The zero-order valence-electron chi connectivity index (χ0n) is 11.6. The Balaban J connectivity index is 1.66. The van der Waals surface area contributed by atoms with Crippen molar-refractivity contribution < 1.29 is 0 Å². The lowest BCUT2D eigenvalue weighted by atomic mass is 9.85. The Labute approximate surface area is 119 Å². The first-order valence-electron chi connectivity index (χ1n) is 7.60. The van der Waals surface area contributed by atoms with Crippen molar-refractivity contribution >= 4 is 16.6 Å². The van der Waals surface area contributed by atoms with Crippen LogP contribution in [0.15, 0.2) is 30.5 Å². The molecule has 0 bridgehead atoms. The molecule has 2 atom stereocenters. The van der Waals surface area contributed by atoms with Crippen LogP contribution in [0.4, 0.5) is 5.82 Å². The summed E-state index contributed by atoms with van der Waals surface area (Å²) in [6.07, 6.45) is 5.71. The molecular formula is C16H20N4. The minimum absolute atomic E-state index is 0.711. The monoisotopic (exact) mass is 268 g/mol. The molecule has 4 heteroatoms. The van der Waals surface area contributed by atoms with Crippen LogP contribution in [-0.2, 0) is 0 Å². The highest BCUT2D eigenvalue weighted by Gasteiger charge is 2.31. The van der Waals surface area contributed by atoms with Crippen molar-refractivity contribution in [3.63, 3.8) is 0 Å². The summed E-state index contributed by atoms with van der Waals surface area (Å²) in [4.78, 5) is 2.43. The number of nitrogens with one attached hydrogen (secondary N) is 1. The van der Waals surface area contributed by atoms with Crippen molar-refractivity contribution in [2.45, 2.75) is 25.3 Å². The Morgan fingerprint density at radius 2 is 2.15 bits per heavy atom. The van der Waals surface area contributed by atoms with E-state index in [1.807, 2.05) is 6.20 Å². The Hall–Kier alpha value is -1.68. The molecule has 4 rings (SSSR count). The maximum atomic E-state index is 4.42. The van der Waals surface area contributed by atoms with Gasteiger partial charge in [0.15, 0.2) is 5.82 Å². The molecule has 0 amide bonds. The highest BCUT2D eigenvalue weighted by Crippen LogP contribution is 2.30. The maximum Gasteiger partial charge on any atom is 0.159 e. The van der Waals surface area contributed by atoms with E-state index in [1.165, 1.54) is 36.6 Å². The number of aromatic nitrogens is 2. The molecule has 2 saturated heterocycles. The van der Waals surface area contributed by atoms with E-state index in [4.69, 9.17) is 0 Å². The van der Waals surface area contributed by atoms with Gasteiger partial charge in [-0.15, -0.1) is 5.10 Å². The molecule has 104 valence electrons. The van der Waals surface area contributed by atoms with Gasteiger partial charge in [-0.05, 0) is 31.7 Å². The highest BCUT2D eigenvalue weighted by atomic mass is 15.3. The smallest absolute Gasteiger partial charge is 0.159 e. The number of rotatable bonds is 1. The van der Waals surface area contributed by atoms with Gasteiger partial charge < -0.3 is 10.2 Å². The first-order chi connectivity index (χ1) is 9.92. The number of piperidine rings is 2. The largest absolute Gasteiger partial charge is 0.354 e. The molecule has 0 aliphatic carbocycles. The number of hydrogen-bond donors (Lipinski definition) is 1. The van der Waals surface area contributed by atoms with Gasteiger partial charge in [0.2, 0.25) is 0 Å². The molecule has 2 aliphatic rings. The van der Waals surface area contributed by atoms with Crippen LogP contribution in [0.3, 0.4) is 0 Å². The van der Waals surface area contributed by atoms with Gasteiger partial charge in [-0.25, -0.2) is 0 Å². The van der Waals surface area contributed by atoms with Gasteiger partial charge >= 0.3 is 0 Å². The average molecular weight is 268 g/mol. The van der Waals surface area contributed by atoms with E-state index in [2.05, 4.69) is 44.7 Å². The van der Waals surface area contributed by atoms with Crippen molar-refractivity contribution in [3.8, 4) is 0 Å². The van der Waals surface area contributed by atoms with Crippen LogP contribution in [0.25, 0.3) is 10.8 Å². The molecule has 0 spiro atoms. The average Bonchev–Trinajstić information content (AvgIpc) is 2.54. The van der Waals surface area contributed by atoms with Crippen LogP contribution in [0, 0.1) is 5.92 Å². The standard InChI is InChI=1S/C16H20N4/c1-2-6-14-12(4-1)10-18-19-16(14)20-9-7-15-13(11-20)5-3-8-17-15/h1-2,4,6,10,13,15,17H,3,5,7-9,11H2. The van der Waals surface area contributed by atoms with Gasteiger partial charge in [0, 0.05) is 29.9 Å². The van der Waals surface area contributed by atoms with E-state index >= 15 is 0 Å². The molecule has 2 unspecified atom stereocenters. The predicted octanol–water partition coefficient (Wildman–Crippen LogP) is 2.21. The molecule has 0 radical (unpaired) electrons. The van der Waals surface area contributed by atoms with E-state index in [-0.39, 0.29) is 0 Å². The van der Waals surface area contributed by atoms with Crippen LogP contribution >= 0.6 is 0 Å². The number of benzene rings is 1. The molecule has 1 aromatic carbocycles. The van der Waals surface area contributed by atoms with E-state index < -0.39 is 0 Å². The lowest BCUT2D eigenvalue weighted by Gasteiger charge is -2.42. The van der Waals surface area contributed by atoms with Crippen molar-refractivity contribution in [3.05, 3.63) is 30.5 Å². The fourth-order valence-corrected chi connectivity index (χ4v) is 3.68. The second-order valence-electron chi connectivity index (χ2n) is 5.95. The quantitative estimate of drug-likeness (QED) is 0.861. The summed E-state index contributed by atoms with van der Waals surface area (Å²) in [6.45, 7) is 3.38. The Morgan fingerprint density at radius 1 is 1.20 bits per heavy atom. The fraction of sp³-hybridized carbons (Fsp3) is 0.500. The van der Waals surface area contributed by atoms with E-state index in [9.17, 15) is 0 Å². The van der Waals surface area contributed by atoms with Crippen molar-refractivity contribution in [1.82, 2.24) is 15.5 Å². The van der Waals surface area contributed by atoms with Crippen LogP contribution in [-0.4, -0.2) is 35.9 Å². The van der Waals surface area contributed by atoms with Gasteiger partial charge in [0.05, 0.1) is 6.20 Å². The number of fused-ring (bicyclic) bond motifs is 2. The van der Waals surface area contributed by atoms with Crippen molar-refractivity contribution in [2.24, 2.45) is 5.92 Å². The molecule has 20 heavy (non-hydrogen) atoms. The van der Waals surface area contributed by atoms with Crippen molar-refractivity contribution in [1.29, 1.82) is 0 Å². The molecular weight excluding hydrogens is 248 g/mol. The molecule has 1 aromatic heterocycles. The number of hydrogen-bond acceptors (Lipinski definition) is 4. The summed E-state index contributed by atoms with van der Waals surface area (Å²) in [5.74, 6) is 1.82. The minimum atomic E-state index is 0.711. The van der Waals surface area contributed by atoms with Crippen LogP contribution in [0.2, 0.25) is 0 Å². The molecule has 2 aliphatic heterocycles. The first kappa shape index (κ1) is 12.1. The topological polar surface area (TPSA) is 41.0 Å². The molecule has 4 nitrogen and oxygen atoms in total. The molecule has 3 heterocycles. The SMILES string of the molecule is c1ccc2c(N3CCC4NCCCC4C3)nncc2c1. The predicted molar refractivity (Wildman–Crippen MR) is 80.9 cm³/mol.